The van der Waals surface area contributed by atoms with Gasteiger partial charge in [0.05, 0.1) is 6.54 Å². The lowest BCUT2D eigenvalue weighted by Gasteiger charge is -2.08. The van der Waals surface area contributed by atoms with Gasteiger partial charge in [-0.3, -0.25) is 0 Å². The Morgan fingerprint density at radius 3 is 2.72 bits per heavy atom. The molecule has 0 fully saturated rings. The van der Waals surface area contributed by atoms with Crippen molar-refractivity contribution in [1.82, 2.24) is 25.5 Å². The zero-order valence-corrected chi connectivity index (χ0v) is 12.7. The molecule has 0 atom stereocenters. The van der Waals surface area contributed by atoms with E-state index in [0.717, 1.165) is 29.9 Å². The van der Waals surface area contributed by atoms with Gasteiger partial charge in [-0.1, -0.05) is 45.9 Å². The van der Waals surface area contributed by atoms with E-state index >= 15 is 0 Å². The number of thioether (sulfide) groups is 1. The first-order chi connectivity index (χ1) is 8.59. The molecular weight excluding hydrogens is 246 g/mol. The van der Waals surface area contributed by atoms with Gasteiger partial charge in [-0.05, 0) is 22.8 Å². The molecule has 1 N–H and O–H groups in total. The molecule has 0 aliphatic rings. The zero-order chi connectivity index (χ0) is 13.4. The molecule has 0 aliphatic carbocycles. The Kier molecular flexibility index (Phi) is 7.27. The number of hydrogen-bond acceptors (Lipinski definition) is 5. The molecule has 0 aromatic carbocycles. The summed E-state index contributed by atoms with van der Waals surface area (Å²) in [5.41, 5.74) is 0. The van der Waals surface area contributed by atoms with E-state index in [0.29, 0.717) is 6.04 Å². The van der Waals surface area contributed by atoms with Gasteiger partial charge in [-0.15, -0.1) is 5.10 Å². The minimum Gasteiger partial charge on any atom is -0.313 e. The SMILES string of the molecule is CC(C)CCCSc1nnnn1CCNC(C)C. The van der Waals surface area contributed by atoms with Crippen LogP contribution in [0.4, 0.5) is 0 Å². The first-order valence-electron chi connectivity index (χ1n) is 6.72. The Labute approximate surface area is 114 Å². The van der Waals surface area contributed by atoms with Gasteiger partial charge in [0.1, 0.15) is 0 Å². The Balaban J connectivity index is 2.26. The second kappa shape index (κ2) is 8.48. The minimum absolute atomic E-state index is 0.503. The van der Waals surface area contributed by atoms with Gasteiger partial charge >= 0.3 is 0 Å². The smallest absolute Gasteiger partial charge is 0.209 e. The van der Waals surface area contributed by atoms with Crippen molar-refractivity contribution in [3.05, 3.63) is 0 Å². The van der Waals surface area contributed by atoms with E-state index in [4.69, 9.17) is 0 Å². The van der Waals surface area contributed by atoms with Crippen molar-refractivity contribution in [3.8, 4) is 0 Å². The highest BCUT2D eigenvalue weighted by atomic mass is 32.2. The Hall–Kier alpha value is -0.620. The number of rotatable bonds is 9. The second-order valence-electron chi connectivity index (χ2n) is 5.18. The molecule has 1 heterocycles. The summed E-state index contributed by atoms with van der Waals surface area (Å²) < 4.78 is 1.88. The van der Waals surface area contributed by atoms with E-state index in [1.54, 1.807) is 11.8 Å². The molecule has 0 saturated heterocycles. The van der Waals surface area contributed by atoms with Crippen molar-refractivity contribution in [1.29, 1.82) is 0 Å². The van der Waals surface area contributed by atoms with E-state index in [1.165, 1.54) is 12.8 Å². The highest BCUT2D eigenvalue weighted by molar-refractivity contribution is 7.99. The summed E-state index contributed by atoms with van der Waals surface area (Å²) in [6.07, 6.45) is 2.49. The first-order valence-corrected chi connectivity index (χ1v) is 7.70. The molecule has 1 rings (SSSR count). The topological polar surface area (TPSA) is 55.6 Å². The van der Waals surface area contributed by atoms with Gasteiger partial charge in [0.15, 0.2) is 0 Å². The maximum Gasteiger partial charge on any atom is 0.209 e. The fourth-order valence-corrected chi connectivity index (χ4v) is 2.42. The normalized spacial score (nSPS) is 11.7. The summed E-state index contributed by atoms with van der Waals surface area (Å²) in [6.45, 7) is 10.5. The maximum absolute atomic E-state index is 4.07. The summed E-state index contributed by atoms with van der Waals surface area (Å²) in [5.74, 6) is 1.87. The van der Waals surface area contributed by atoms with Crippen molar-refractivity contribution >= 4 is 11.8 Å². The van der Waals surface area contributed by atoms with Crippen LogP contribution in [0, 0.1) is 5.92 Å². The molecular formula is C12H25N5S. The average molecular weight is 271 g/mol. The summed E-state index contributed by atoms with van der Waals surface area (Å²) in [5, 5.41) is 16.1. The minimum atomic E-state index is 0.503. The molecule has 0 spiro atoms. The van der Waals surface area contributed by atoms with E-state index < -0.39 is 0 Å². The van der Waals surface area contributed by atoms with Crippen LogP contribution in [0.5, 0.6) is 0 Å². The Morgan fingerprint density at radius 2 is 2.06 bits per heavy atom. The second-order valence-corrected chi connectivity index (χ2v) is 6.24. The molecule has 1 aromatic rings. The molecule has 0 saturated carbocycles. The van der Waals surface area contributed by atoms with Gasteiger partial charge in [0.25, 0.3) is 0 Å². The fraction of sp³-hybridized carbons (Fsp3) is 0.917. The number of nitrogens with one attached hydrogen (secondary N) is 1. The molecule has 0 unspecified atom stereocenters. The van der Waals surface area contributed by atoms with Crippen LogP contribution in [0.15, 0.2) is 5.16 Å². The van der Waals surface area contributed by atoms with Crippen molar-refractivity contribution in [2.24, 2.45) is 5.92 Å². The molecule has 5 nitrogen and oxygen atoms in total. The lowest BCUT2D eigenvalue weighted by atomic mass is 10.1. The van der Waals surface area contributed by atoms with Crippen molar-refractivity contribution in [3.63, 3.8) is 0 Å². The van der Waals surface area contributed by atoms with Gasteiger partial charge in [0, 0.05) is 18.3 Å². The first kappa shape index (κ1) is 15.4. The molecule has 104 valence electrons. The fourth-order valence-electron chi connectivity index (χ4n) is 1.55. The lowest BCUT2D eigenvalue weighted by Crippen LogP contribution is -2.27. The van der Waals surface area contributed by atoms with Crippen LogP contribution in [0.25, 0.3) is 0 Å². The molecule has 0 aliphatic heterocycles. The van der Waals surface area contributed by atoms with Gasteiger partial charge < -0.3 is 5.32 Å². The van der Waals surface area contributed by atoms with Crippen LogP contribution in [-0.2, 0) is 6.54 Å². The van der Waals surface area contributed by atoms with Crippen LogP contribution in [0.3, 0.4) is 0 Å². The predicted molar refractivity (Wildman–Crippen MR) is 75.8 cm³/mol. The Bertz CT molecular complexity index is 324. The van der Waals surface area contributed by atoms with Gasteiger partial charge in [0.2, 0.25) is 5.16 Å². The molecule has 0 amide bonds. The summed E-state index contributed by atoms with van der Waals surface area (Å²) >= 11 is 1.75. The zero-order valence-electron chi connectivity index (χ0n) is 11.9. The van der Waals surface area contributed by atoms with Crippen molar-refractivity contribution in [2.75, 3.05) is 12.3 Å². The monoisotopic (exact) mass is 271 g/mol. The molecule has 18 heavy (non-hydrogen) atoms. The van der Waals surface area contributed by atoms with Crippen LogP contribution in [0.2, 0.25) is 0 Å². The Morgan fingerprint density at radius 1 is 1.28 bits per heavy atom. The number of nitrogens with zero attached hydrogens (tertiary/aromatic N) is 4. The largest absolute Gasteiger partial charge is 0.313 e. The molecule has 1 aromatic heterocycles. The standard InChI is InChI=1S/C12H25N5S/c1-10(2)6-5-9-18-12-14-15-16-17(12)8-7-13-11(3)4/h10-11,13H,5-9H2,1-4H3. The van der Waals surface area contributed by atoms with Crippen LogP contribution >= 0.6 is 11.8 Å². The number of tetrazole rings is 1. The van der Waals surface area contributed by atoms with Crippen molar-refractivity contribution in [2.45, 2.75) is 58.3 Å². The van der Waals surface area contributed by atoms with E-state index in [9.17, 15) is 0 Å². The van der Waals surface area contributed by atoms with Crippen LogP contribution in [0.1, 0.15) is 40.5 Å². The highest BCUT2D eigenvalue weighted by Gasteiger charge is 2.06. The summed E-state index contributed by atoms with van der Waals surface area (Å²) in [4.78, 5) is 0. The van der Waals surface area contributed by atoms with E-state index in [1.807, 2.05) is 4.68 Å². The lowest BCUT2D eigenvalue weighted by molar-refractivity contribution is 0.485. The quantitative estimate of drug-likeness (QED) is 0.551. The van der Waals surface area contributed by atoms with Crippen LogP contribution in [-0.4, -0.2) is 38.5 Å². The molecule has 0 radical (unpaired) electrons. The third-order valence-corrected chi connectivity index (χ3v) is 3.58. The molecule has 6 heteroatoms. The van der Waals surface area contributed by atoms with Crippen LogP contribution < -0.4 is 5.32 Å². The molecule has 0 bridgehead atoms. The third kappa shape index (κ3) is 6.35. The van der Waals surface area contributed by atoms with Crippen molar-refractivity contribution < 1.29 is 0 Å². The number of hydrogen-bond donors (Lipinski definition) is 1. The van der Waals surface area contributed by atoms with E-state index in [2.05, 4.69) is 48.5 Å². The number of aromatic nitrogens is 4. The average Bonchev–Trinajstić information content (AvgIpc) is 2.71. The third-order valence-electron chi connectivity index (χ3n) is 2.53. The van der Waals surface area contributed by atoms with E-state index in [-0.39, 0.29) is 0 Å². The highest BCUT2D eigenvalue weighted by Crippen LogP contribution is 2.16. The summed E-state index contributed by atoms with van der Waals surface area (Å²) in [7, 11) is 0. The maximum atomic E-state index is 4.07. The predicted octanol–water partition coefficient (Wildman–Crippen LogP) is 2.20. The van der Waals surface area contributed by atoms with Gasteiger partial charge in [-0.2, -0.15) is 0 Å². The summed E-state index contributed by atoms with van der Waals surface area (Å²) in [6, 6.07) is 0.503. The van der Waals surface area contributed by atoms with Gasteiger partial charge in [-0.25, -0.2) is 4.68 Å².